The number of imidazole rings is 1. The number of ether oxygens (including phenoxy) is 2. The summed E-state index contributed by atoms with van der Waals surface area (Å²) in [7, 11) is 0. The average molecular weight is 378 g/mol. The zero-order valence-corrected chi connectivity index (χ0v) is 14.9. The molecule has 7 nitrogen and oxygen atoms in total. The van der Waals surface area contributed by atoms with Crippen LogP contribution in [-0.4, -0.2) is 26.5 Å². The Morgan fingerprint density at radius 2 is 1.93 bits per heavy atom. The van der Waals surface area contributed by atoms with Crippen LogP contribution in [0.1, 0.15) is 5.89 Å². The molecule has 1 aliphatic rings. The first-order valence-corrected chi connectivity index (χ1v) is 9.29. The van der Waals surface area contributed by atoms with Crippen LogP contribution in [0.3, 0.4) is 0 Å². The van der Waals surface area contributed by atoms with E-state index in [0.29, 0.717) is 23.2 Å². The van der Waals surface area contributed by atoms with Crippen LogP contribution in [0.2, 0.25) is 0 Å². The summed E-state index contributed by atoms with van der Waals surface area (Å²) in [6, 6.07) is 15.7. The Bertz CT molecular complexity index is 1080. The Labute approximate surface area is 159 Å². The van der Waals surface area contributed by atoms with Crippen molar-refractivity contribution in [3.8, 4) is 28.6 Å². The Morgan fingerprint density at radius 3 is 2.85 bits per heavy atom. The number of aromatic nitrogens is 4. The summed E-state index contributed by atoms with van der Waals surface area (Å²) in [5.74, 6) is 3.01. The number of hydrogen-bond donors (Lipinski definition) is 0. The van der Waals surface area contributed by atoms with Gasteiger partial charge in [0.2, 0.25) is 18.5 Å². The van der Waals surface area contributed by atoms with E-state index in [4.69, 9.17) is 14.0 Å². The number of hydrogen-bond acceptors (Lipinski definition) is 7. The molecular formula is C19H14N4O3S. The molecule has 0 aliphatic carbocycles. The maximum absolute atomic E-state index is 5.40. The first-order chi connectivity index (χ1) is 13.4. The van der Waals surface area contributed by atoms with E-state index < -0.39 is 0 Å². The summed E-state index contributed by atoms with van der Waals surface area (Å²) in [5.41, 5.74) is 1.88. The van der Waals surface area contributed by atoms with E-state index in [-0.39, 0.29) is 6.79 Å². The molecular weight excluding hydrogens is 364 g/mol. The zero-order valence-electron chi connectivity index (χ0n) is 14.1. The van der Waals surface area contributed by atoms with Crippen LogP contribution in [0, 0.1) is 0 Å². The van der Waals surface area contributed by atoms with Crippen molar-refractivity contribution in [1.82, 2.24) is 19.7 Å². The second-order valence-corrected chi connectivity index (χ2v) is 6.73. The molecule has 0 saturated heterocycles. The van der Waals surface area contributed by atoms with Gasteiger partial charge in [0.05, 0.1) is 5.75 Å². The average Bonchev–Trinajstić information content (AvgIpc) is 3.46. The summed E-state index contributed by atoms with van der Waals surface area (Å²) in [4.78, 5) is 8.89. The molecule has 0 unspecified atom stereocenters. The molecule has 0 spiro atoms. The van der Waals surface area contributed by atoms with E-state index in [1.54, 1.807) is 18.0 Å². The molecule has 0 N–H and O–H groups in total. The van der Waals surface area contributed by atoms with Crippen molar-refractivity contribution >= 4 is 11.8 Å². The monoisotopic (exact) mass is 378 g/mol. The molecule has 134 valence electrons. The van der Waals surface area contributed by atoms with Crippen LogP contribution in [0.4, 0.5) is 0 Å². The number of benzene rings is 2. The van der Waals surface area contributed by atoms with Crippen molar-refractivity contribution in [3.05, 3.63) is 66.8 Å². The van der Waals surface area contributed by atoms with E-state index in [2.05, 4.69) is 15.1 Å². The topological polar surface area (TPSA) is 75.2 Å². The quantitative estimate of drug-likeness (QED) is 0.487. The number of rotatable bonds is 5. The Hall–Kier alpha value is -3.26. The molecule has 3 heterocycles. The van der Waals surface area contributed by atoms with Gasteiger partial charge in [-0.2, -0.15) is 4.98 Å². The molecule has 0 fully saturated rings. The highest BCUT2D eigenvalue weighted by molar-refractivity contribution is 7.98. The predicted octanol–water partition coefficient (Wildman–Crippen LogP) is 3.94. The lowest BCUT2D eigenvalue weighted by Crippen LogP contribution is -1.95. The van der Waals surface area contributed by atoms with Gasteiger partial charge in [-0.25, -0.2) is 4.98 Å². The van der Waals surface area contributed by atoms with Crippen molar-refractivity contribution in [2.24, 2.45) is 0 Å². The normalized spacial score (nSPS) is 12.4. The summed E-state index contributed by atoms with van der Waals surface area (Å²) >= 11 is 1.54. The van der Waals surface area contributed by atoms with Crippen molar-refractivity contribution in [3.63, 3.8) is 0 Å². The minimum absolute atomic E-state index is 0.237. The van der Waals surface area contributed by atoms with Gasteiger partial charge >= 0.3 is 0 Å². The third-order valence-electron chi connectivity index (χ3n) is 4.06. The van der Waals surface area contributed by atoms with Gasteiger partial charge in [-0.1, -0.05) is 35.1 Å². The Balaban J connectivity index is 1.32. The fourth-order valence-electron chi connectivity index (χ4n) is 2.77. The smallest absolute Gasteiger partial charge is 0.237 e. The van der Waals surface area contributed by atoms with E-state index in [9.17, 15) is 0 Å². The first kappa shape index (κ1) is 16.0. The fourth-order valence-corrected chi connectivity index (χ4v) is 3.58. The molecule has 0 atom stereocenters. The number of nitrogens with zero attached hydrogens (tertiary/aromatic N) is 4. The lowest BCUT2D eigenvalue weighted by molar-refractivity contribution is 0.174. The Kier molecular flexibility index (Phi) is 4.02. The minimum Gasteiger partial charge on any atom is -0.454 e. The van der Waals surface area contributed by atoms with Crippen molar-refractivity contribution in [2.45, 2.75) is 10.9 Å². The molecule has 2 aromatic heterocycles. The molecule has 1 aliphatic heterocycles. The number of fused-ring (bicyclic) bond motifs is 1. The Morgan fingerprint density at radius 1 is 1.04 bits per heavy atom. The first-order valence-electron chi connectivity index (χ1n) is 8.31. The van der Waals surface area contributed by atoms with E-state index >= 15 is 0 Å². The van der Waals surface area contributed by atoms with Crippen LogP contribution in [0.25, 0.3) is 17.1 Å². The highest BCUT2D eigenvalue weighted by Gasteiger charge is 2.17. The SMILES string of the molecule is c1ccc(-n2ccnc2SCc2nc(-c3ccc4c(c3)OCO4)no2)cc1. The maximum Gasteiger partial charge on any atom is 0.237 e. The van der Waals surface area contributed by atoms with Gasteiger partial charge in [-0.15, -0.1) is 0 Å². The van der Waals surface area contributed by atoms with Gasteiger partial charge in [-0.05, 0) is 30.3 Å². The van der Waals surface area contributed by atoms with Crippen LogP contribution in [0.5, 0.6) is 11.5 Å². The van der Waals surface area contributed by atoms with Crippen molar-refractivity contribution < 1.29 is 14.0 Å². The molecule has 0 radical (unpaired) electrons. The summed E-state index contributed by atoms with van der Waals surface area (Å²) in [5, 5.41) is 4.93. The second kappa shape index (κ2) is 6.81. The highest BCUT2D eigenvalue weighted by Crippen LogP contribution is 2.35. The molecule has 0 amide bonds. The fraction of sp³-hybridized carbons (Fsp3) is 0.105. The zero-order chi connectivity index (χ0) is 18.1. The molecule has 4 aromatic rings. The third kappa shape index (κ3) is 3.15. The molecule has 8 heteroatoms. The van der Waals surface area contributed by atoms with Gasteiger partial charge in [0.1, 0.15) is 0 Å². The minimum atomic E-state index is 0.237. The lowest BCUT2D eigenvalue weighted by atomic mass is 10.2. The van der Waals surface area contributed by atoms with Gasteiger partial charge in [0, 0.05) is 23.6 Å². The molecule has 5 rings (SSSR count). The van der Waals surface area contributed by atoms with Gasteiger partial charge in [0.15, 0.2) is 16.7 Å². The summed E-state index contributed by atoms with van der Waals surface area (Å²) < 4.78 is 18.1. The van der Waals surface area contributed by atoms with Crippen LogP contribution >= 0.6 is 11.8 Å². The van der Waals surface area contributed by atoms with Gasteiger partial charge < -0.3 is 14.0 Å². The predicted molar refractivity (Wildman–Crippen MR) is 99.0 cm³/mol. The molecule has 0 saturated carbocycles. The van der Waals surface area contributed by atoms with Crippen molar-refractivity contribution in [1.29, 1.82) is 0 Å². The van der Waals surface area contributed by atoms with E-state index in [1.165, 1.54) is 0 Å². The number of thioether (sulfide) groups is 1. The molecule has 27 heavy (non-hydrogen) atoms. The standard InChI is InChI=1S/C19H14N4O3S/c1-2-4-14(5-3-1)23-9-8-20-19(23)27-11-17-21-18(22-26-17)13-6-7-15-16(10-13)25-12-24-15/h1-10H,11-12H2. The maximum atomic E-state index is 5.40. The van der Waals surface area contributed by atoms with E-state index in [0.717, 1.165) is 22.2 Å². The van der Waals surface area contributed by atoms with Gasteiger partial charge in [-0.3, -0.25) is 4.57 Å². The van der Waals surface area contributed by atoms with Crippen LogP contribution in [0.15, 0.2) is 70.6 Å². The molecule has 0 bridgehead atoms. The summed E-state index contributed by atoms with van der Waals surface area (Å²) in [6.45, 7) is 0.237. The second-order valence-electron chi connectivity index (χ2n) is 5.78. The highest BCUT2D eigenvalue weighted by atomic mass is 32.2. The number of para-hydroxylation sites is 1. The summed E-state index contributed by atoms with van der Waals surface area (Å²) in [6.07, 6.45) is 3.71. The van der Waals surface area contributed by atoms with Crippen LogP contribution in [-0.2, 0) is 5.75 Å². The van der Waals surface area contributed by atoms with Gasteiger partial charge in [0.25, 0.3) is 0 Å². The largest absolute Gasteiger partial charge is 0.454 e. The molecule has 2 aromatic carbocycles. The van der Waals surface area contributed by atoms with E-state index in [1.807, 2.05) is 59.3 Å². The lowest BCUT2D eigenvalue weighted by Gasteiger charge is -2.05. The third-order valence-corrected chi connectivity index (χ3v) is 5.02. The van der Waals surface area contributed by atoms with Crippen LogP contribution < -0.4 is 9.47 Å². The van der Waals surface area contributed by atoms with Crippen molar-refractivity contribution in [2.75, 3.05) is 6.79 Å².